The highest BCUT2D eigenvalue weighted by atomic mass is 19.1. The van der Waals surface area contributed by atoms with Crippen LogP contribution in [0.2, 0.25) is 0 Å². The van der Waals surface area contributed by atoms with Crippen LogP contribution in [-0.2, 0) is 27.3 Å². The predicted octanol–water partition coefficient (Wildman–Crippen LogP) is 1.79. The van der Waals surface area contributed by atoms with E-state index in [1.54, 1.807) is 0 Å². The van der Waals surface area contributed by atoms with Gasteiger partial charge >= 0.3 is 0 Å². The fourth-order valence-electron chi connectivity index (χ4n) is 5.58. The molecule has 1 amide bonds. The van der Waals surface area contributed by atoms with E-state index in [4.69, 9.17) is 5.73 Å². The Labute approximate surface area is 201 Å². The fourth-order valence-corrected chi connectivity index (χ4v) is 5.58. The molecular weight excluding hydrogens is 459 g/mol. The van der Waals surface area contributed by atoms with Crippen LogP contribution in [-0.4, -0.2) is 61.5 Å². The lowest BCUT2D eigenvalue weighted by molar-refractivity contribution is -0.147. The average Bonchev–Trinajstić information content (AvgIpc) is 2.78. The van der Waals surface area contributed by atoms with E-state index in [1.165, 1.54) is 6.07 Å². The number of fused-ring (bicyclic) bond motifs is 3. The van der Waals surface area contributed by atoms with Crippen LogP contribution in [0.3, 0.4) is 0 Å². The van der Waals surface area contributed by atoms with E-state index < -0.39 is 70.0 Å². The molecule has 1 aromatic carbocycles. The summed E-state index contributed by atoms with van der Waals surface area (Å²) in [5, 5.41) is 43.5. The summed E-state index contributed by atoms with van der Waals surface area (Å²) in [6, 6.07) is 1.37. The smallest absolute Gasteiger partial charge is 0.255 e. The monoisotopic (exact) mass is 488 g/mol. The molecule has 6 N–H and O–H groups in total. The summed E-state index contributed by atoms with van der Waals surface area (Å²) in [5.74, 6) is -7.92. The number of nitrogens with two attached hydrogens (primary N) is 1. The fraction of sp³-hybridized carbons (Fsp3) is 0.480. The molecule has 1 saturated carbocycles. The van der Waals surface area contributed by atoms with Crippen LogP contribution < -0.4 is 5.73 Å². The number of nitrogens with zero attached hydrogens (tertiary/aromatic N) is 1. The molecule has 0 aromatic heterocycles. The number of aromatic hydroxyl groups is 1. The van der Waals surface area contributed by atoms with Crippen LogP contribution in [0, 0.1) is 17.7 Å². The zero-order valence-corrected chi connectivity index (χ0v) is 19.8. The zero-order chi connectivity index (χ0) is 26.0. The van der Waals surface area contributed by atoms with E-state index >= 15 is 4.39 Å². The van der Waals surface area contributed by atoms with Gasteiger partial charge in [0.2, 0.25) is 5.78 Å². The van der Waals surface area contributed by atoms with E-state index in [2.05, 4.69) is 0 Å². The number of aliphatic hydroxyl groups is 3. The Kier molecular flexibility index (Phi) is 6.01. The summed E-state index contributed by atoms with van der Waals surface area (Å²) in [6.45, 7) is 4.21. The van der Waals surface area contributed by atoms with Crippen LogP contribution in [0.15, 0.2) is 23.0 Å². The molecule has 3 aliphatic rings. The van der Waals surface area contributed by atoms with Gasteiger partial charge in [-0.25, -0.2) is 4.39 Å². The molecule has 4 atom stereocenters. The Morgan fingerprint density at radius 2 is 1.94 bits per heavy atom. The maximum absolute atomic E-state index is 15.6. The number of carbonyl (C=O) groups is 3. The number of Topliss-reactive ketones (excluding diaryl/α,β-unsaturated/α-hetero) is 2. The zero-order valence-electron chi connectivity index (χ0n) is 19.8. The maximum atomic E-state index is 15.6. The van der Waals surface area contributed by atoms with Crippen LogP contribution in [0.5, 0.6) is 5.75 Å². The maximum Gasteiger partial charge on any atom is 0.255 e. The van der Waals surface area contributed by atoms with Gasteiger partial charge in [-0.3, -0.25) is 19.3 Å². The number of carbonyl (C=O) groups excluding carboxylic acids is 3. The number of hydrogen-bond donors (Lipinski definition) is 5. The van der Waals surface area contributed by atoms with Gasteiger partial charge in [0.15, 0.2) is 11.4 Å². The molecule has 4 rings (SSSR count). The van der Waals surface area contributed by atoms with Crippen molar-refractivity contribution < 1.29 is 39.2 Å². The predicted molar refractivity (Wildman–Crippen MR) is 123 cm³/mol. The minimum atomic E-state index is -2.64. The standard InChI is InChI=1S/C25H29FN2O7/c1-4-10(2)28(3)9-12-7-15(29)18-14(20(12)26)6-11-5-13-8-16(30)19(24(27)34)23(33)25(13,35)22(32)17(11)21(18)31/h7,10-11,13,29,31,33,35H,4-6,8-9H2,1-3H3,(H2,27,34)/t10-,11?,13+,25+/m1/s1. The van der Waals surface area contributed by atoms with Crippen molar-refractivity contribution in [3.05, 3.63) is 45.5 Å². The number of halogens is 1. The molecule has 0 spiro atoms. The summed E-state index contributed by atoms with van der Waals surface area (Å²) in [5.41, 5.74) is 1.42. The van der Waals surface area contributed by atoms with Crippen LogP contribution in [0.4, 0.5) is 4.39 Å². The van der Waals surface area contributed by atoms with Gasteiger partial charge in [0, 0.05) is 41.6 Å². The lowest BCUT2D eigenvalue weighted by Crippen LogP contribution is -2.58. The van der Waals surface area contributed by atoms with E-state index in [0.29, 0.717) is 0 Å². The van der Waals surface area contributed by atoms with E-state index in [9.17, 15) is 34.8 Å². The molecule has 0 heterocycles. The van der Waals surface area contributed by atoms with Crippen molar-refractivity contribution in [2.45, 2.75) is 57.7 Å². The van der Waals surface area contributed by atoms with Gasteiger partial charge in [-0.05, 0) is 45.2 Å². The van der Waals surface area contributed by atoms with Crippen LogP contribution in [0.25, 0.3) is 5.76 Å². The number of benzene rings is 1. The summed E-state index contributed by atoms with van der Waals surface area (Å²) in [4.78, 5) is 39.4. The number of amides is 1. The molecule has 1 unspecified atom stereocenters. The Morgan fingerprint density at radius 1 is 1.29 bits per heavy atom. The van der Waals surface area contributed by atoms with Gasteiger partial charge < -0.3 is 26.2 Å². The van der Waals surface area contributed by atoms with Gasteiger partial charge in [-0.2, -0.15) is 0 Å². The third-order valence-corrected chi connectivity index (χ3v) is 7.83. The number of rotatable bonds is 5. The normalized spacial score (nSPS) is 27.0. The number of primary amides is 1. The lowest BCUT2D eigenvalue weighted by atomic mass is 9.59. The van der Waals surface area contributed by atoms with Crippen molar-refractivity contribution in [1.29, 1.82) is 0 Å². The van der Waals surface area contributed by atoms with E-state index in [1.807, 2.05) is 25.8 Å². The second kappa shape index (κ2) is 8.46. The number of aliphatic hydroxyl groups excluding tert-OH is 2. The lowest BCUT2D eigenvalue weighted by Gasteiger charge is -2.46. The summed E-state index contributed by atoms with van der Waals surface area (Å²) < 4.78 is 15.6. The van der Waals surface area contributed by atoms with Gasteiger partial charge in [0.05, 0.1) is 5.56 Å². The third-order valence-electron chi connectivity index (χ3n) is 7.83. The number of phenols is 1. The third kappa shape index (κ3) is 3.54. The molecule has 0 saturated heterocycles. The summed E-state index contributed by atoms with van der Waals surface area (Å²) >= 11 is 0. The van der Waals surface area contributed by atoms with Gasteiger partial charge in [-0.15, -0.1) is 0 Å². The molecule has 0 radical (unpaired) electrons. The van der Waals surface area contributed by atoms with Crippen molar-refractivity contribution in [2.24, 2.45) is 17.6 Å². The van der Waals surface area contributed by atoms with Gasteiger partial charge in [-0.1, -0.05) is 6.92 Å². The first kappa shape index (κ1) is 24.9. The molecule has 188 valence electrons. The average molecular weight is 489 g/mol. The van der Waals surface area contributed by atoms with Crippen molar-refractivity contribution in [1.82, 2.24) is 4.90 Å². The van der Waals surface area contributed by atoms with Gasteiger partial charge in [0.25, 0.3) is 5.91 Å². The Morgan fingerprint density at radius 3 is 2.54 bits per heavy atom. The number of hydrogen-bond acceptors (Lipinski definition) is 8. The highest BCUT2D eigenvalue weighted by Crippen LogP contribution is 2.52. The topological polar surface area (TPSA) is 161 Å². The first-order valence-electron chi connectivity index (χ1n) is 11.5. The molecule has 0 bridgehead atoms. The molecule has 10 heteroatoms. The summed E-state index contributed by atoms with van der Waals surface area (Å²) in [7, 11) is 1.83. The number of ketones is 2. The number of phenolic OH excluding ortho intramolecular Hbond substituents is 1. The highest BCUT2D eigenvalue weighted by Gasteiger charge is 2.60. The molecule has 1 aromatic rings. The summed E-state index contributed by atoms with van der Waals surface area (Å²) in [6.07, 6.45) is 0.318. The molecule has 3 aliphatic carbocycles. The second-order valence-corrected chi connectivity index (χ2v) is 9.80. The van der Waals surface area contributed by atoms with Crippen molar-refractivity contribution >= 4 is 23.2 Å². The molecule has 0 aliphatic heterocycles. The van der Waals surface area contributed by atoms with E-state index in [0.717, 1.165) is 6.42 Å². The molecule has 9 nitrogen and oxygen atoms in total. The Bertz CT molecular complexity index is 1220. The van der Waals surface area contributed by atoms with Crippen LogP contribution in [0.1, 0.15) is 49.8 Å². The highest BCUT2D eigenvalue weighted by molar-refractivity contribution is 6.22. The van der Waals surface area contributed by atoms with Gasteiger partial charge in [0.1, 0.15) is 28.7 Å². The first-order valence-corrected chi connectivity index (χ1v) is 11.5. The Balaban J connectivity index is 1.84. The minimum Gasteiger partial charge on any atom is -0.508 e. The van der Waals surface area contributed by atoms with Crippen molar-refractivity contribution in [3.8, 4) is 5.75 Å². The Hall–Kier alpha value is -3.24. The minimum absolute atomic E-state index is 0.0416. The SMILES string of the molecule is CC[C@@H](C)N(C)Cc1cc(O)c2c(c1F)CC1C[C@H]3CC(=O)C(C(N)=O)=C(O)[C@@]3(O)C(=O)C1=C2O. The second-order valence-electron chi connectivity index (χ2n) is 9.80. The quantitative estimate of drug-likeness (QED) is 0.392. The van der Waals surface area contributed by atoms with E-state index in [-0.39, 0.29) is 47.7 Å². The first-order chi connectivity index (χ1) is 16.3. The molecule has 1 fully saturated rings. The van der Waals surface area contributed by atoms with Crippen LogP contribution >= 0.6 is 0 Å². The molecule has 35 heavy (non-hydrogen) atoms. The van der Waals surface area contributed by atoms with Crippen molar-refractivity contribution in [3.63, 3.8) is 0 Å². The largest absolute Gasteiger partial charge is 0.508 e. The van der Waals surface area contributed by atoms with Crippen molar-refractivity contribution in [2.75, 3.05) is 7.05 Å². The molecular formula is C25H29FN2O7.